The summed E-state index contributed by atoms with van der Waals surface area (Å²) in [5.41, 5.74) is 3.40. The summed E-state index contributed by atoms with van der Waals surface area (Å²) in [5.74, 6) is 0.866. The number of anilines is 1. The van der Waals surface area contributed by atoms with Crippen molar-refractivity contribution < 1.29 is 9.66 Å². The second-order valence-electron chi connectivity index (χ2n) is 5.33. The molecule has 0 heterocycles. The first-order valence-corrected chi connectivity index (χ1v) is 7.46. The fourth-order valence-electron chi connectivity index (χ4n) is 2.77. The number of nitro benzene ring substituents is 1. The Kier molecular flexibility index (Phi) is 4.23. The van der Waals surface area contributed by atoms with Gasteiger partial charge in [-0.1, -0.05) is 18.2 Å². The third kappa shape index (κ3) is 3.19. The molecule has 0 aromatic heterocycles. The Labute approximate surface area is 129 Å². The van der Waals surface area contributed by atoms with Crippen molar-refractivity contribution in [1.29, 1.82) is 0 Å². The Bertz CT molecular complexity index is 685. The van der Waals surface area contributed by atoms with Gasteiger partial charge in [-0.25, -0.2) is 0 Å². The highest BCUT2D eigenvalue weighted by molar-refractivity contribution is 5.61. The molecule has 0 aliphatic heterocycles. The number of benzene rings is 2. The van der Waals surface area contributed by atoms with Gasteiger partial charge in [0, 0.05) is 12.6 Å². The topological polar surface area (TPSA) is 64.4 Å². The highest BCUT2D eigenvalue weighted by Crippen LogP contribution is 2.26. The van der Waals surface area contributed by atoms with Crippen LogP contribution < -0.4 is 10.1 Å². The van der Waals surface area contributed by atoms with Gasteiger partial charge in [0.15, 0.2) is 0 Å². The van der Waals surface area contributed by atoms with E-state index in [9.17, 15) is 10.1 Å². The van der Waals surface area contributed by atoms with Crippen molar-refractivity contribution in [2.24, 2.45) is 0 Å². The van der Waals surface area contributed by atoms with Crippen LogP contribution in [0, 0.1) is 10.1 Å². The molecule has 114 valence electrons. The number of hydrogen-bond donors (Lipinski definition) is 1. The van der Waals surface area contributed by atoms with E-state index in [0.717, 1.165) is 18.6 Å². The molecule has 22 heavy (non-hydrogen) atoms. The first kappa shape index (κ1) is 14.4. The molecule has 0 bridgehead atoms. The van der Waals surface area contributed by atoms with Gasteiger partial charge in [0.25, 0.3) is 5.69 Å². The molecular weight excluding hydrogens is 280 g/mol. The molecule has 1 aliphatic carbocycles. The quantitative estimate of drug-likeness (QED) is 0.503. The summed E-state index contributed by atoms with van der Waals surface area (Å²) in [6.45, 7) is 0.979. The van der Waals surface area contributed by atoms with Gasteiger partial charge in [-0.15, -0.1) is 0 Å². The van der Waals surface area contributed by atoms with E-state index in [1.165, 1.54) is 23.6 Å². The predicted octanol–water partition coefficient (Wildman–Crippen LogP) is 3.57. The van der Waals surface area contributed by atoms with Gasteiger partial charge in [0.1, 0.15) is 18.0 Å². The minimum absolute atomic E-state index is 0.0834. The molecule has 0 amide bonds. The maximum Gasteiger partial charge on any atom is 0.292 e. The second kappa shape index (κ2) is 6.47. The monoisotopic (exact) mass is 298 g/mol. The third-order valence-electron chi connectivity index (χ3n) is 3.86. The number of ether oxygens (including phenoxy) is 1. The number of aryl methyl sites for hydroxylation is 2. The predicted molar refractivity (Wildman–Crippen MR) is 85.5 cm³/mol. The molecule has 0 spiro atoms. The van der Waals surface area contributed by atoms with Gasteiger partial charge < -0.3 is 10.1 Å². The zero-order valence-electron chi connectivity index (χ0n) is 12.2. The molecule has 0 radical (unpaired) electrons. The fraction of sp³-hybridized carbons (Fsp3) is 0.294. The average Bonchev–Trinajstić information content (AvgIpc) is 2.99. The van der Waals surface area contributed by atoms with E-state index in [1.807, 2.05) is 6.07 Å². The minimum atomic E-state index is -0.385. The number of rotatable bonds is 6. The standard InChI is InChI=1S/C17H18N2O3/c20-19(21)17-7-2-1-6-16(17)18-10-11-22-15-9-8-13-4-3-5-14(13)12-15/h1-2,6-9,12,18H,3-5,10-11H2. The zero-order valence-corrected chi connectivity index (χ0v) is 12.2. The minimum Gasteiger partial charge on any atom is -0.492 e. The molecule has 1 N–H and O–H groups in total. The van der Waals surface area contributed by atoms with Crippen LogP contribution in [-0.4, -0.2) is 18.1 Å². The summed E-state index contributed by atoms with van der Waals surface area (Å²) < 4.78 is 5.72. The zero-order chi connectivity index (χ0) is 15.4. The van der Waals surface area contributed by atoms with Crippen LogP contribution in [0.2, 0.25) is 0 Å². The normalized spacial score (nSPS) is 12.7. The number of nitrogens with zero attached hydrogens (tertiary/aromatic N) is 1. The lowest BCUT2D eigenvalue weighted by atomic mass is 10.1. The van der Waals surface area contributed by atoms with E-state index in [0.29, 0.717) is 18.8 Å². The van der Waals surface area contributed by atoms with Crippen LogP contribution in [0.15, 0.2) is 42.5 Å². The van der Waals surface area contributed by atoms with Crippen LogP contribution in [0.3, 0.4) is 0 Å². The van der Waals surface area contributed by atoms with Gasteiger partial charge in [0.2, 0.25) is 0 Å². The van der Waals surface area contributed by atoms with Crippen molar-refractivity contribution in [1.82, 2.24) is 0 Å². The Balaban J connectivity index is 1.53. The summed E-state index contributed by atoms with van der Waals surface area (Å²) in [7, 11) is 0. The summed E-state index contributed by atoms with van der Waals surface area (Å²) in [5, 5.41) is 14.0. The number of nitro groups is 1. The van der Waals surface area contributed by atoms with Crippen molar-refractivity contribution in [3.8, 4) is 5.75 Å². The van der Waals surface area contributed by atoms with E-state index in [-0.39, 0.29) is 10.6 Å². The largest absolute Gasteiger partial charge is 0.492 e. The summed E-state index contributed by atoms with van der Waals surface area (Å²) in [6.07, 6.45) is 3.51. The molecule has 1 aliphatic rings. The number of nitrogens with one attached hydrogen (secondary N) is 1. The number of fused-ring (bicyclic) bond motifs is 1. The highest BCUT2D eigenvalue weighted by atomic mass is 16.6. The summed E-state index contributed by atoms with van der Waals surface area (Å²) >= 11 is 0. The lowest BCUT2D eigenvalue weighted by molar-refractivity contribution is -0.384. The first-order chi connectivity index (χ1) is 10.7. The van der Waals surface area contributed by atoms with Crippen LogP contribution in [0.25, 0.3) is 0 Å². The number of para-hydroxylation sites is 2. The molecule has 2 aromatic rings. The van der Waals surface area contributed by atoms with Gasteiger partial charge >= 0.3 is 0 Å². The molecular formula is C17H18N2O3. The van der Waals surface area contributed by atoms with Crippen molar-refractivity contribution >= 4 is 11.4 Å². The lowest BCUT2D eigenvalue weighted by Crippen LogP contribution is -2.12. The maximum atomic E-state index is 10.9. The average molecular weight is 298 g/mol. The van der Waals surface area contributed by atoms with E-state index in [4.69, 9.17) is 4.74 Å². The smallest absolute Gasteiger partial charge is 0.292 e. The van der Waals surface area contributed by atoms with E-state index in [2.05, 4.69) is 17.4 Å². The Hall–Kier alpha value is -2.56. The highest BCUT2D eigenvalue weighted by Gasteiger charge is 2.12. The summed E-state index contributed by atoms with van der Waals surface area (Å²) in [4.78, 5) is 10.5. The maximum absolute atomic E-state index is 10.9. The van der Waals surface area contributed by atoms with E-state index < -0.39 is 0 Å². The molecule has 0 saturated heterocycles. The Morgan fingerprint density at radius 1 is 1.14 bits per heavy atom. The fourth-order valence-corrected chi connectivity index (χ4v) is 2.77. The molecule has 0 atom stereocenters. The van der Waals surface area contributed by atoms with Crippen LogP contribution in [0.4, 0.5) is 11.4 Å². The SMILES string of the molecule is O=[N+]([O-])c1ccccc1NCCOc1ccc2c(c1)CCC2. The van der Waals surface area contributed by atoms with Crippen molar-refractivity contribution in [3.05, 3.63) is 63.7 Å². The second-order valence-corrected chi connectivity index (χ2v) is 5.33. The molecule has 2 aromatic carbocycles. The van der Waals surface area contributed by atoms with E-state index in [1.54, 1.807) is 18.2 Å². The van der Waals surface area contributed by atoms with Crippen LogP contribution in [0.5, 0.6) is 5.75 Å². The van der Waals surface area contributed by atoms with Gasteiger partial charge in [-0.3, -0.25) is 10.1 Å². The van der Waals surface area contributed by atoms with Crippen molar-refractivity contribution in [2.45, 2.75) is 19.3 Å². The van der Waals surface area contributed by atoms with Crippen molar-refractivity contribution in [2.75, 3.05) is 18.5 Å². The Morgan fingerprint density at radius 2 is 1.95 bits per heavy atom. The van der Waals surface area contributed by atoms with Gasteiger partial charge in [0.05, 0.1) is 4.92 Å². The van der Waals surface area contributed by atoms with Crippen LogP contribution in [0.1, 0.15) is 17.5 Å². The van der Waals surface area contributed by atoms with Crippen LogP contribution >= 0.6 is 0 Å². The summed E-state index contributed by atoms with van der Waals surface area (Å²) in [6, 6.07) is 12.9. The third-order valence-corrected chi connectivity index (χ3v) is 3.86. The van der Waals surface area contributed by atoms with Crippen molar-refractivity contribution in [3.63, 3.8) is 0 Å². The first-order valence-electron chi connectivity index (χ1n) is 7.46. The Morgan fingerprint density at radius 3 is 2.82 bits per heavy atom. The van der Waals surface area contributed by atoms with Gasteiger partial charge in [-0.05, 0) is 48.6 Å². The van der Waals surface area contributed by atoms with Crippen LogP contribution in [-0.2, 0) is 12.8 Å². The molecule has 0 unspecified atom stereocenters. The van der Waals surface area contributed by atoms with E-state index >= 15 is 0 Å². The molecule has 5 nitrogen and oxygen atoms in total. The molecule has 0 fully saturated rings. The molecule has 0 saturated carbocycles. The molecule has 3 rings (SSSR count). The van der Waals surface area contributed by atoms with Gasteiger partial charge in [-0.2, -0.15) is 0 Å². The lowest BCUT2D eigenvalue weighted by Gasteiger charge is -2.10. The number of hydrogen-bond acceptors (Lipinski definition) is 4. The molecule has 5 heteroatoms.